The number of nitrogens with zero attached hydrogens (tertiary/aromatic N) is 1. The molecule has 0 unspecified atom stereocenters. The molecule has 88 valence electrons. The summed E-state index contributed by atoms with van der Waals surface area (Å²) in [5.74, 6) is 0.193. The van der Waals surface area contributed by atoms with Crippen LogP contribution in [-0.2, 0) is 0 Å². The average molecular weight is 230 g/mol. The summed E-state index contributed by atoms with van der Waals surface area (Å²) >= 11 is 0. The van der Waals surface area contributed by atoms with Crippen molar-refractivity contribution in [3.8, 4) is 5.75 Å². The highest BCUT2D eigenvalue weighted by molar-refractivity contribution is 6.02. The lowest BCUT2D eigenvalue weighted by Crippen LogP contribution is -2.11. The summed E-state index contributed by atoms with van der Waals surface area (Å²) in [6, 6.07) is 11.3. The number of hydrogen-bond donors (Lipinski definition) is 3. The first-order chi connectivity index (χ1) is 8.33. The molecule has 4 nitrogen and oxygen atoms in total. The smallest absolute Gasteiger partial charge is 0.125 e. The van der Waals surface area contributed by atoms with Crippen molar-refractivity contribution in [1.29, 1.82) is 0 Å². The first-order valence-electron chi connectivity index (χ1n) is 5.40. The molecule has 0 heterocycles. The van der Waals surface area contributed by atoms with Crippen LogP contribution in [0.2, 0.25) is 0 Å². The van der Waals surface area contributed by atoms with E-state index in [4.69, 9.17) is 5.11 Å². The summed E-state index contributed by atoms with van der Waals surface area (Å²) in [6.45, 7) is 0.418. The summed E-state index contributed by atoms with van der Waals surface area (Å²) in [5.41, 5.74) is 3.36. The zero-order chi connectivity index (χ0) is 12.1. The van der Waals surface area contributed by atoms with E-state index in [1.165, 1.54) is 0 Å². The Labute approximate surface area is 99.2 Å². The molecule has 0 bridgehead atoms. The number of aliphatic hydroxyl groups excluding tert-OH is 1. The molecule has 0 aliphatic heterocycles. The number of fused-ring (bicyclic) bond motifs is 1. The lowest BCUT2D eigenvalue weighted by Gasteiger charge is -2.04. The molecule has 4 heteroatoms. The molecule has 0 saturated carbocycles. The number of hydrazone groups is 1. The molecule has 0 fully saturated rings. The maximum Gasteiger partial charge on any atom is 0.125 e. The number of benzene rings is 2. The van der Waals surface area contributed by atoms with Crippen LogP contribution < -0.4 is 5.43 Å². The molecule has 3 N–H and O–H groups in total. The van der Waals surface area contributed by atoms with E-state index >= 15 is 0 Å². The molecular weight excluding hydrogens is 216 g/mol. The van der Waals surface area contributed by atoms with Gasteiger partial charge < -0.3 is 15.6 Å². The third-order valence-electron chi connectivity index (χ3n) is 2.46. The molecule has 0 atom stereocenters. The van der Waals surface area contributed by atoms with E-state index in [0.29, 0.717) is 12.1 Å². The summed E-state index contributed by atoms with van der Waals surface area (Å²) in [5, 5.41) is 24.3. The summed E-state index contributed by atoms with van der Waals surface area (Å²) in [6.07, 6.45) is 1.56. The second-order valence-electron chi connectivity index (χ2n) is 3.61. The molecule has 2 aromatic rings. The molecule has 0 radical (unpaired) electrons. The van der Waals surface area contributed by atoms with E-state index < -0.39 is 0 Å². The van der Waals surface area contributed by atoms with Crippen LogP contribution in [0.4, 0.5) is 0 Å². The summed E-state index contributed by atoms with van der Waals surface area (Å²) in [7, 11) is 0. The first-order valence-corrected chi connectivity index (χ1v) is 5.40. The third-order valence-corrected chi connectivity index (χ3v) is 2.46. The minimum atomic E-state index is 0.0266. The van der Waals surface area contributed by atoms with Gasteiger partial charge in [-0.1, -0.05) is 30.3 Å². The molecular formula is C13H14N2O2. The zero-order valence-corrected chi connectivity index (χ0v) is 9.30. The lowest BCUT2D eigenvalue weighted by molar-refractivity contribution is 0.294. The Morgan fingerprint density at radius 2 is 2.00 bits per heavy atom. The fraction of sp³-hybridized carbons (Fsp3) is 0.154. The number of phenolic OH excluding ortho intramolecular Hbond substituents is 1. The normalized spacial score (nSPS) is 11.1. The van der Waals surface area contributed by atoms with Crippen LogP contribution in [0.25, 0.3) is 10.8 Å². The van der Waals surface area contributed by atoms with Gasteiger partial charge in [0, 0.05) is 5.56 Å². The molecule has 0 amide bonds. The Hall–Kier alpha value is -2.07. The Morgan fingerprint density at radius 1 is 1.18 bits per heavy atom. The van der Waals surface area contributed by atoms with Crippen molar-refractivity contribution >= 4 is 17.0 Å². The maximum atomic E-state index is 9.80. The van der Waals surface area contributed by atoms with Crippen LogP contribution in [0, 0.1) is 0 Å². The van der Waals surface area contributed by atoms with Crippen molar-refractivity contribution < 1.29 is 10.2 Å². The second-order valence-corrected chi connectivity index (χ2v) is 3.61. The highest BCUT2D eigenvalue weighted by Crippen LogP contribution is 2.25. The summed E-state index contributed by atoms with van der Waals surface area (Å²) < 4.78 is 0. The molecule has 0 aromatic heterocycles. The van der Waals surface area contributed by atoms with E-state index in [1.807, 2.05) is 30.3 Å². The Kier molecular flexibility index (Phi) is 3.57. The van der Waals surface area contributed by atoms with Crippen molar-refractivity contribution in [2.75, 3.05) is 13.2 Å². The van der Waals surface area contributed by atoms with Crippen molar-refractivity contribution in [3.05, 3.63) is 42.0 Å². The topological polar surface area (TPSA) is 64.8 Å². The molecule has 0 saturated heterocycles. The highest BCUT2D eigenvalue weighted by Gasteiger charge is 2.03. The van der Waals surface area contributed by atoms with Gasteiger partial charge in [-0.05, 0) is 16.8 Å². The van der Waals surface area contributed by atoms with Crippen molar-refractivity contribution in [3.63, 3.8) is 0 Å². The van der Waals surface area contributed by atoms with Gasteiger partial charge in [-0.15, -0.1) is 0 Å². The van der Waals surface area contributed by atoms with Gasteiger partial charge in [0.25, 0.3) is 0 Å². The number of rotatable bonds is 4. The number of phenols is 1. The van der Waals surface area contributed by atoms with Gasteiger partial charge in [-0.2, -0.15) is 5.10 Å². The van der Waals surface area contributed by atoms with Gasteiger partial charge in [0.1, 0.15) is 5.75 Å². The number of aliphatic hydroxyl groups is 1. The fourth-order valence-corrected chi connectivity index (χ4v) is 1.64. The van der Waals surface area contributed by atoms with Crippen molar-refractivity contribution in [2.24, 2.45) is 5.10 Å². The molecule has 2 aromatic carbocycles. The van der Waals surface area contributed by atoms with Gasteiger partial charge >= 0.3 is 0 Å². The minimum Gasteiger partial charge on any atom is -0.507 e. The van der Waals surface area contributed by atoms with E-state index in [9.17, 15) is 5.11 Å². The van der Waals surface area contributed by atoms with Gasteiger partial charge in [0.05, 0.1) is 19.4 Å². The molecule has 17 heavy (non-hydrogen) atoms. The average Bonchev–Trinajstić information content (AvgIpc) is 2.37. The largest absolute Gasteiger partial charge is 0.507 e. The van der Waals surface area contributed by atoms with Crippen molar-refractivity contribution in [2.45, 2.75) is 0 Å². The minimum absolute atomic E-state index is 0.0266. The van der Waals surface area contributed by atoms with Crippen LogP contribution in [0.5, 0.6) is 5.75 Å². The SMILES string of the molecule is OCCNN=Cc1c(O)ccc2ccccc12. The third kappa shape index (κ3) is 2.54. The van der Waals surface area contributed by atoms with Crippen LogP contribution >= 0.6 is 0 Å². The molecule has 0 spiro atoms. The van der Waals surface area contributed by atoms with Gasteiger partial charge in [-0.3, -0.25) is 0 Å². The predicted molar refractivity (Wildman–Crippen MR) is 68.3 cm³/mol. The monoisotopic (exact) mass is 230 g/mol. The van der Waals surface area contributed by atoms with Gasteiger partial charge in [-0.25, -0.2) is 0 Å². The number of nitrogens with one attached hydrogen (secondary N) is 1. The Balaban J connectivity index is 2.37. The van der Waals surface area contributed by atoms with Gasteiger partial charge in [0.2, 0.25) is 0 Å². The van der Waals surface area contributed by atoms with E-state index in [-0.39, 0.29) is 12.4 Å². The van der Waals surface area contributed by atoms with Gasteiger partial charge in [0.15, 0.2) is 0 Å². The molecule has 0 aliphatic rings. The lowest BCUT2D eigenvalue weighted by atomic mass is 10.0. The van der Waals surface area contributed by atoms with E-state index in [1.54, 1.807) is 12.3 Å². The Morgan fingerprint density at radius 3 is 2.82 bits per heavy atom. The quantitative estimate of drug-likeness (QED) is 0.423. The predicted octanol–water partition coefficient (Wildman–Crippen LogP) is 1.46. The fourth-order valence-electron chi connectivity index (χ4n) is 1.64. The van der Waals surface area contributed by atoms with Crippen LogP contribution in [0.15, 0.2) is 41.5 Å². The Bertz CT molecular complexity index is 538. The second kappa shape index (κ2) is 5.32. The standard InChI is InChI=1S/C13H14N2O2/c16-8-7-14-15-9-12-11-4-2-1-3-10(11)5-6-13(12)17/h1-6,9,14,16-17H,7-8H2. The highest BCUT2D eigenvalue weighted by atomic mass is 16.3. The number of aromatic hydroxyl groups is 1. The van der Waals surface area contributed by atoms with Crippen molar-refractivity contribution in [1.82, 2.24) is 5.43 Å². The molecule has 2 rings (SSSR count). The van der Waals surface area contributed by atoms with E-state index in [2.05, 4.69) is 10.5 Å². The van der Waals surface area contributed by atoms with E-state index in [0.717, 1.165) is 10.8 Å². The first kappa shape index (κ1) is 11.4. The van der Waals surface area contributed by atoms with Crippen LogP contribution in [-0.4, -0.2) is 29.6 Å². The maximum absolute atomic E-state index is 9.80. The zero-order valence-electron chi connectivity index (χ0n) is 9.30. The molecule has 0 aliphatic carbocycles. The number of hydrogen-bond acceptors (Lipinski definition) is 4. The van der Waals surface area contributed by atoms with Crippen LogP contribution in [0.1, 0.15) is 5.56 Å². The van der Waals surface area contributed by atoms with Crippen LogP contribution in [0.3, 0.4) is 0 Å². The summed E-state index contributed by atoms with van der Waals surface area (Å²) in [4.78, 5) is 0.